The molecule has 2 atom stereocenters. The molecule has 6 rings (SSSR count). The minimum absolute atomic E-state index is 0.00218. The largest absolute Gasteiger partial charge is 0.494 e. The number of rotatable bonds is 26. The van der Waals surface area contributed by atoms with Crippen molar-refractivity contribution in [3.63, 3.8) is 0 Å². The number of carbonyl (C=O) groups is 6. The number of ether oxygens (including phenoxy) is 5. The fourth-order valence-electron chi connectivity index (χ4n) is 7.70. The number of hydrogen-bond donors (Lipinski definition) is 0. The predicted molar refractivity (Wildman–Crippen MR) is 251 cm³/mol. The number of fused-ring (bicyclic) bond motifs is 2. The van der Waals surface area contributed by atoms with Crippen molar-refractivity contribution in [2.24, 2.45) is 5.92 Å². The fourth-order valence-corrected chi connectivity index (χ4v) is 7.70. The average molecular weight is 896 g/mol. The molecule has 344 valence electrons. The number of amides is 2. The Morgan fingerprint density at radius 1 is 0.576 bits per heavy atom. The maximum Gasteiger partial charge on any atom is 0.338 e. The highest BCUT2D eigenvalue weighted by atomic mass is 16.6. The van der Waals surface area contributed by atoms with Crippen molar-refractivity contribution >= 4 is 57.1 Å². The first-order valence-corrected chi connectivity index (χ1v) is 22.6. The van der Waals surface area contributed by atoms with Crippen LogP contribution in [-0.4, -0.2) is 72.9 Å². The Hall–Kier alpha value is -7.08. The van der Waals surface area contributed by atoms with E-state index < -0.39 is 41.7 Å². The van der Waals surface area contributed by atoms with Gasteiger partial charge in [0.2, 0.25) is 5.91 Å². The summed E-state index contributed by atoms with van der Waals surface area (Å²) in [5, 5.41) is 3.35. The van der Waals surface area contributed by atoms with Crippen LogP contribution in [0.1, 0.15) is 96.1 Å². The molecule has 0 bridgehead atoms. The Morgan fingerprint density at radius 3 is 1.61 bits per heavy atom. The second-order valence-electron chi connectivity index (χ2n) is 16.4. The molecule has 12 heteroatoms. The molecule has 0 spiro atoms. The number of hydrogen-bond acceptors (Lipinski definition) is 11. The van der Waals surface area contributed by atoms with Gasteiger partial charge in [-0.3, -0.25) is 19.3 Å². The number of nitrogens with zero attached hydrogens (tertiary/aromatic N) is 1. The van der Waals surface area contributed by atoms with Gasteiger partial charge in [0, 0.05) is 24.1 Å². The highest BCUT2D eigenvalue weighted by molar-refractivity contribution is 6.08. The molecule has 0 unspecified atom stereocenters. The van der Waals surface area contributed by atoms with Crippen LogP contribution in [0.25, 0.3) is 21.5 Å². The summed E-state index contributed by atoms with van der Waals surface area (Å²) in [5.41, 5.74) is 2.45. The fraction of sp³-hybridized carbons (Fsp3) is 0.333. The Bertz CT molecular complexity index is 2550. The number of likely N-dealkylation sites (tertiary alicyclic amines) is 1. The van der Waals surface area contributed by atoms with Gasteiger partial charge in [-0.25, -0.2) is 14.4 Å². The number of carbonyl (C=O) groups excluding carboxylic acids is 6. The van der Waals surface area contributed by atoms with Crippen LogP contribution in [0.5, 0.6) is 11.5 Å². The maximum atomic E-state index is 14.0. The van der Waals surface area contributed by atoms with Crippen LogP contribution in [0.2, 0.25) is 0 Å². The lowest BCUT2D eigenvalue weighted by atomic mass is 9.94. The van der Waals surface area contributed by atoms with E-state index in [0.29, 0.717) is 43.5 Å². The second kappa shape index (κ2) is 24.3. The molecule has 12 nitrogen and oxygen atoms in total. The van der Waals surface area contributed by atoms with Crippen molar-refractivity contribution in [3.8, 4) is 11.5 Å². The number of aryl methyl sites for hydroxylation is 1. The first kappa shape index (κ1) is 48.4. The third-order valence-electron chi connectivity index (χ3n) is 11.5. The van der Waals surface area contributed by atoms with Gasteiger partial charge in [0.15, 0.2) is 11.9 Å². The summed E-state index contributed by atoms with van der Waals surface area (Å²) in [4.78, 5) is 78.8. The summed E-state index contributed by atoms with van der Waals surface area (Å²) in [6.45, 7) is 10.5. The molecule has 0 N–H and O–H groups in total. The van der Waals surface area contributed by atoms with Gasteiger partial charge in [-0.05, 0) is 134 Å². The van der Waals surface area contributed by atoms with Gasteiger partial charge in [-0.15, -0.1) is 0 Å². The van der Waals surface area contributed by atoms with E-state index in [1.54, 1.807) is 30.3 Å². The molecule has 5 aromatic carbocycles. The van der Waals surface area contributed by atoms with E-state index in [0.717, 1.165) is 101 Å². The quantitative estimate of drug-likeness (QED) is 0.0130. The van der Waals surface area contributed by atoms with Crippen molar-refractivity contribution in [2.45, 2.75) is 83.8 Å². The summed E-state index contributed by atoms with van der Waals surface area (Å²) in [6.07, 6.45) is 7.77. The highest BCUT2D eigenvalue weighted by Gasteiger charge is 2.50. The van der Waals surface area contributed by atoms with Crippen molar-refractivity contribution in [2.75, 3.05) is 26.4 Å². The van der Waals surface area contributed by atoms with E-state index in [1.807, 2.05) is 73.7 Å². The SMILES string of the molecule is C=CC(=O)OCCCCCCOc1ccc2cc(C(=O)CC[C@H]3C(=O)N(Cc4ccc(C)cc4)C(=O)[C@@H]3OC(=O)c3ccc4cc(OCCCCCCOC(=O)C=C)ccc4c3)ccc2c1. The van der Waals surface area contributed by atoms with Crippen LogP contribution in [0, 0.1) is 12.8 Å². The van der Waals surface area contributed by atoms with E-state index in [2.05, 4.69) is 13.2 Å². The number of unbranched alkanes of at least 4 members (excludes halogenated alkanes) is 6. The summed E-state index contributed by atoms with van der Waals surface area (Å²) >= 11 is 0. The van der Waals surface area contributed by atoms with Crippen molar-refractivity contribution < 1.29 is 52.5 Å². The number of imide groups is 1. The van der Waals surface area contributed by atoms with Crippen molar-refractivity contribution in [3.05, 3.63) is 145 Å². The molecule has 0 aliphatic carbocycles. The molecule has 66 heavy (non-hydrogen) atoms. The van der Waals surface area contributed by atoms with Gasteiger partial charge in [0.1, 0.15) is 11.5 Å². The molecule has 1 aliphatic heterocycles. The predicted octanol–water partition coefficient (Wildman–Crippen LogP) is 10.0. The number of benzene rings is 5. The molecule has 5 aromatic rings. The summed E-state index contributed by atoms with van der Waals surface area (Å²) in [6, 6.07) is 29.2. The lowest BCUT2D eigenvalue weighted by Gasteiger charge is -2.16. The highest BCUT2D eigenvalue weighted by Crippen LogP contribution is 2.32. The van der Waals surface area contributed by atoms with Crippen LogP contribution < -0.4 is 9.47 Å². The molecule has 1 saturated heterocycles. The summed E-state index contributed by atoms with van der Waals surface area (Å²) < 4.78 is 27.8. The number of Topliss-reactive ketones (excluding diaryl/α,β-unsaturated/α-hetero) is 1. The standard InChI is InChI=1S/C54H57NO11/c1-4-49(57)64-30-12-8-6-10-28-62-45-24-22-39-32-43(20-18-41(39)34-45)48(56)27-26-47-51(53(60)55(52(47)59)36-38-16-14-37(3)15-17-38)66-54(61)44-21-19-42-35-46(25-23-40(42)33-44)63-29-11-7-9-13-31-65-50(58)5-2/h4-5,14-25,32-35,47,51H,1-2,6-13,26-31,36H2,3H3/t47-,51-/m1/s1. The van der Waals surface area contributed by atoms with Gasteiger partial charge >= 0.3 is 17.9 Å². The average Bonchev–Trinajstić information content (AvgIpc) is 3.54. The van der Waals surface area contributed by atoms with E-state index in [9.17, 15) is 28.8 Å². The van der Waals surface area contributed by atoms with Gasteiger partial charge in [0.25, 0.3) is 5.91 Å². The van der Waals surface area contributed by atoms with Gasteiger partial charge in [-0.1, -0.05) is 73.3 Å². The minimum Gasteiger partial charge on any atom is -0.494 e. The number of esters is 3. The molecule has 1 aliphatic rings. The molecular formula is C54H57NO11. The van der Waals surface area contributed by atoms with Crippen LogP contribution in [0.3, 0.4) is 0 Å². The Morgan fingerprint density at radius 2 is 1.06 bits per heavy atom. The smallest absolute Gasteiger partial charge is 0.338 e. The summed E-state index contributed by atoms with van der Waals surface area (Å²) in [7, 11) is 0. The van der Waals surface area contributed by atoms with Crippen LogP contribution >= 0.6 is 0 Å². The first-order chi connectivity index (χ1) is 32.0. The lowest BCUT2D eigenvalue weighted by Crippen LogP contribution is -2.33. The lowest BCUT2D eigenvalue weighted by molar-refractivity contribution is -0.142. The van der Waals surface area contributed by atoms with E-state index in [-0.39, 0.29) is 30.7 Å². The summed E-state index contributed by atoms with van der Waals surface area (Å²) in [5.74, 6) is -2.57. The molecule has 1 fully saturated rings. The third kappa shape index (κ3) is 13.7. The van der Waals surface area contributed by atoms with Gasteiger partial charge in [-0.2, -0.15) is 0 Å². The molecular weight excluding hydrogens is 839 g/mol. The Labute approximate surface area is 385 Å². The van der Waals surface area contributed by atoms with Gasteiger partial charge < -0.3 is 23.7 Å². The molecule has 1 heterocycles. The van der Waals surface area contributed by atoms with Crippen LogP contribution in [-0.2, 0) is 39.9 Å². The van der Waals surface area contributed by atoms with Crippen LogP contribution in [0.4, 0.5) is 0 Å². The van der Waals surface area contributed by atoms with Crippen molar-refractivity contribution in [1.82, 2.24) is 4.90 Å². The molecule has 0 aromatic heterocycles. The second-order valence-corrected chi connectivity index (χ2v) is 16.4. The zero-order valence-electron chi connectivity index (χ0n) is 37.5. The van der Waals surface area contributed by atoms with Crippen molar-refractivity contribution in [1.29, 1.82) is 0 Å². The molecule has 0 saturated carbocycles. The Balaban J connectivity index is 1.05. The van der Waals surface area contributed by atoms with Gasteiger partial charge in [0.05, 0.1) is 44.5 Å². The van der Waals surface area contributed by atoms with E-state index in [4.69, 9.17) is 23.7 Å². The molecule has 0 radical (unpaired) electrons. The first-order valence-electron chi connectivity index (χ1n) is 22.6. The Kier molecular flexibility index (Phi) is 17.8. The maximum absolute atomic E-state index is 14.0. The van der Waals surface area contributed by atoms with E-state index in [1.165, 1.54) is 0 Å². The zero-order valence-corrected chi connectivity index (χ0v) is 37.5. The number of ketones is 1. The normalized spacial score (nSPS) is 14.5. The minimum atomic E-state index is -1.41. The topological polar surface area (TPSA) is 152 Å². The van der Waals surface area contributed by atoms with Crippen LogP contribution in [0.15, 0.2) is 122 Å². The third-order valence-corrected chi connectivity index (χ3v) is 11.5. The monoisotopic (exact) mass is 895 g/mol. The molecule has 2 amide bonds. The van der Waals surface area contributed by atoms with E-state index >= 15 is 0 Å². The zero-order chi connectivity index (χ0) is 46.8.